The van der Waals surface area contributed by atoms with Crippen LogP contribution in [0.2, 0.25) is 0 Å². The quantitative estimate of drug-likeness (QED) is 0.755. The number of hydrogen-bond donors (Lipinski definition) is 1. The molecular formula is C16H33N. The molecular weight excluding hydrogens is 206 g/mol. The van der Waals surface area contributed by atoms with Crippen molar-refractivity contribution in [3.05, 3.63) is 0 Å². The van der Waals surface area contributed by atoms with Crippen molar-refractivity contribution in [3.63, 3.8) is 0 Å². The molecule has 0 radical (unpaired) electrons. The van der Waals surface area contributed by atoms with Gasteiger partial charge in [-0.05, 0) is 70.3 Å². The van der Waals surface area contributed by atoms with Gasteiger partial charge in [0.05, 0.1) is 0 Å². The van der Waals surface area contributed by atoms with Crippen molar-refractivity contribution in [2.45, 2.75) is 79.2 Å². The molecule has 102 valence electrons. The van der Waals surface area contributed by atoms with Crippen LogP contribution in [0.4, 0.5) is 0 Å². The predicted octanol–water partition coefficient (Wildman–Crippen LogP) is 4.62. The molecule has 0 aliphatic heterocycles. The van der Waals surface area contributed by atoms with Crippen LogP contribution in [0.3, 0.4) is 0 Å². The second kappa shape index (κ2) is 5.73. The van der Waals surface area contributed by atoms with Gasteiger partial charge in [0.2, 0.25) is 0 Å². The summed E-state index contributed by atoms with van der Waals surface area (Å²) >= 11 is 0. The fraction of sp³-hybridized carbons (Fsp3) is 1.00. The van der Waals surface area contributed by atoms with Crippen molar-refractivity contribution in [1.29, 1.82) is 0 Å². The highest BCUT2D eigenvalue weighted by molar-refractivity contribution is 4.84. The lowest BCUT2D eigenvalue weighted by Crippen LogP contribution is -2.40. The molecule has 0 aromatic carbocycles. The average Bonchev–Trinajstić information content (AvgIpc) is 2.26. The first-order chi connectivity index (χ1) is 7.74. The van der Waals surface area contributed by atoms with Gasteiger partial charge in [0.15, 0.2) is 0 Å². The zero-order valence-electron chi connectivity index (χ0n) is 12.9. The third kappa shape index (κ3) is 4.99. The molecule has 1 aliphatic carbocycles. The van der Waals surface area contributed by atoms with E-state index in [9.17, 15) is 0 Å². The Hall–Kier alpha value is -0.0400. The number of hydrogen-bond acceptors (Lipinski definition) is 1. The molecule has 0 amide bonds. The third-order valence-corrected chi connectivity index (χ3v) is 4.78. The maximum Gasteiger partial charge on any atom is 0.00966 e. The van der Waals surface area contributed by atoms with Gasteiger partial charge in [-0.1, -0.05) is 27.2 Å². The zero-order chi connectivity index (χ0) is 13.1. The van der Waals surface area contributed by atoms with Crippen molar-refractivity contribution in [3.8, 4) is 0 Å². The summed E-state index contributed by atoms with van der Waals surface area (Å²) in [7, 11) is 0. The minimum atomic E-state index is 0.277. The summed E-state index contributed by atoms with van der Waals surface area (Å²) in [6.07, 6.45) is 7.06. The highest BCUT2D eigenvalue weighted by Gasteiger charge is 2.31. The SMILES string of the molecule is CCC(C)(C)C1CCC(CNC(C)(C)C)CC1. The van der Waals surface area contributed by atoms with Gasteiger partial charge in [-0.15, -0.1) is 0 Å². The summed E-state index contributed by atoms with van der Waals surface area (Å²) < 4.78 is 0. The van der Waals surface area contributed by atoms with Gasteiger partial charge in [0.1, 0.15) is 0 Å². The van der Waals surface area contributed by atoms with Gasteiger partial charge < -0.3 is 5.32 Å². The van der Waals surface area contributed by atoms with Gasteiger partial charge in [-0.3, -0.25) is 0 Å². The smallest absolute Gasteiger partial charge is 0.00966 e. The topological polar surface area (TPSA) is 12.0 Å². The van der Waals surface area contributed by atoms with Crippen LogP contribution in [0.5, 0.6) is 0 Å². The standard InChI is InChI=1S/C16H33N/c1-7-16(5,6)14-10-8-13(9-11-14)12-17-15(2,3)4/h13-14,17H,7-12H2,1-6H3. The van der Waals surface area contributed by atoms with Gasteiger partial charge in [0.25, 0.3) is 0 Å². The van der Waals surface area contributed by atoms with E-state index in [1.807, 2.05) is 0 Å². The summed E-state index contributed by atoms with van der Waals surface area (Å²) in [6.45, 7) is 15.2. The van der Waals surface area contributed by atoms with Crippen LogP contribution in [0.15, 0.2) is 0 Å². The van der Waals surface area contributed by atoms with Crippen molar-refractivity contribution in [2.75, 3.05) is 6.54 Å². The molecule has 1 saturated carbocycles. The highest BCUT2D eigenvalue weighted by atomic mass is 14.9. The fourth-order valence-electron chi connectivity index (χ4n) is 2.89. The van der Waals surface area contributed by atoms with Gasteiger partial charge in [-0.2, -0.15) is 0 Å². The number of nitrogens with one attached hydrogen (secondary N) is 1. The van der Waals surface area contributed by atoms with Crippen molar-refractivity contribution >= 4 is 0 Å². The number of rotatable bonds is 4. The zero-order valence-corrected chi connectivity index (χ0v) is 12.9. The minimum absolute atomic E-state index is 0.277. The Balaban J connectivity index is 2.31. The Bertz CT molecular complexity index is 216. The van der Waals surface area contributed by atoms with Crippen LogP contribution in [0.1, 0.15) is 73.6 Å². The molecule has 1 heteroatoms. The molecule has 0 unspecified atom stereocenters. The molecule has 0 spiro atoms. The third-order valence-electron chi connectivity index (χ3n) is 4.78. The lowest BCUT2D eigenvalue weighted by Gasteiger charge is -2.39. The highest BCUT2D eigenvalue weighted by Crippen LogP contribution is 2.41. The first kappa shape index (κ1) is 15.0. The summed E-state index contributed by atoms with van der Waals surface area (Å²) in [5.41, 5.74) is 0.835. The molecule has 17 heavy (non-hydrogen) atoms. The van der Waals surface area contributed by atoms with Gasteiger partial charge >= 0.3 is 0 Å². The molecule has 1 aliphatic rings. The lowest BCUT2D eigenvalue weighted by atomic mass is 9.67. The molecule has 0 heterocycles. The molecule has 1 fully saturated rings. The van der Waals surface area contributed by atoms with Crippen LogP contribution in [0, 0.1) is 17.3 Å². The van der Waals surface area contributed by atoms with E-state index in [-0.39, 0.29) is 5.54 Å². The van der Waals surface area contributed by atoms with E-state index < -0.39 is 0 Å². The molecule has 1 rings (SSSR count). The Morgan fingerprint density at radius 1 is 0.941 bits per heavy atom. The minimum Gasteiger partial charge on any atom is -0.312 e. The van der Waals surface area contributed by atoms with E-state index in [1.165, 1.54) is 38.6 Å². The molecule has 1 N–H and O–H groups in total. The molecule has 0 saturated heterocycles. The van der Waals surface area contributed by atoms with Crippen LogP contribution in [0.25, 0.3) is 0 Å². The van der Waals surface area contributed by atoms with E-state index in [2.05, 4.69) is 46.9 Å². The van der Waals surface area contributed by atoms with Crippen LogP contribution < -0.4 is 5.32 Å². The Kier molecular flexibility index (Phi) is 5.07. The largest absolute Gasteiger partial charge is 0.312 e. The first-order valence-electron chi connectivity index (χ1n) is 7.49. The Morgan fingerprint density at radius 3 is 1.88 bits per heavy atom. The first-order valence-corrected chi connectivity index (χ1v) is 7.49. The average molecular weight is 239 g/mol. The summed E-state index contributed by atoms with van der Waals surface area (Å²) in [5, 5.41) is 3.66. The Labute approximate surface area is 109 Å². The maximum absolute atomic E-state index is 3.66. The molecule has 0 aromatic rings. The van der Waals surface area contributed by atoms with Gasteiger partial charge in [-0.25, -0.2) is 0 Å². The van der Waals surface area contributed by atoms with Crippen molar-refractivity contribution in [2.24, 2.45) is 17.3 Å². The normalized spacial score (nSPS) is 27.2. The van der Waals surface area contributed by atoms with Crippen molar-refractivity contribution < 1.29 is 0 Å². The summed E-state index contributed by atoms with van der Waals surface area (Å²) in [6, 6.07) is 0. The van der Waals surface area contributed by atoms with E-state index in [4.69, 9.17) is 0 Å². The monoisotopic (exact) mass is 239 g/mol. The van der Waals surface area contributed by atoms with Crippen molar-refractivity contribution in [1.82, 2.24) is 5.32 Å². The van der Waals surface area contributed by atoms with Crippen LogP contribution >= 0.6 is 0 Å². The summed E-state index contributed by atoms with van der Waals surface area (Å²) in [4.78, 5) is 0. The second-order valence-corrected chi connectivity index (χ2v) is 7.69. The molecule has 1 nitrogen and oxygen atoms in total. The molecule has 0 bridgehead atoms. The molecule has 0 atom stereocenters. The van der Waals surface area contributed by atoms with Crippen LogP contribution in [-0.4, -0.2) is 12.1 Å². The lowest BCUT2D eigenvalue weighted by molar-refractivity contribution is 0.125. The fourth-order valence-corrected chi connectivity index (χ4v) is 2.89. The maximum atomic E-state index is 3.66. The van der Waals surface area contributed by atoms with E-state index >= 15 is 0 Å². The van der Waals surface area contributed by atoms with E-state index in [0.717, 1.165) is 11.8 Å². The summed E-state index contributed by atoms with van der Waals surface area (Å²) in [5.74, 6) is 1.87. The second-order valence-electron chi connectivity index (χ2n) is 7.69. The van der Waals surface area contributed by atoms with Gasteiger partial charge in [0, 0.05) is 5.54 Å². The van der Waals surface area contributed by atoms with Crippen LogP contribution in [-0.2, 0) is 0 Å². The molecule has 0 aromatic heterocycles. The predicted molar refractivity (Wildman–Crippen MR) is 77.3 cm³/mol. The van der Waals surface area contributed by atoms with E-state index in [1.54, 1.807) is 0 Å². The Morgan fingerprint density at radius 2 is 1.47 bits per heavy atom. The van der Waals surface area contributed by atoms with E-state index in [0.29, 0.717) is 5.41 Å².